The highest BCUT2D eigenvalue weighted by molar-refractivity contribution is 5.97. The molecule has 0 bridgehead atoms. The quantitative estimate of drug-likeness (QED) is 0.294. The summed E-state index contributed by atoms with van der Waals surface area (Å²) in [5.41, 5.74) is -2.55. The first kappa shape index (κ1) is 23.6. The highest BCUT2D eigenvalue weighted by Crippen LogP contribution is 2.31. The van der Waals surface area contributed by atoms with Gasteiger partial charge in [-0.15, -0.1) is 0 Å². The monoisotopic (exact) mass is 470 g/mol. The van der Waals surface area contributed by atoms with Crippen molar-refractivity contribution in [2.45, 2.75) is 12.4 Å². The molecule has 0 aromatic heterocycles. The molecule has 0 aliphatic rings. The van der Waals surface area contributed by atoms with Crippen LogP contribution in [0.15, 0.2) is 66.7 Å². The molecule has 0 atom stereocenters. The zero-order valence-corrected chi connectivity index (χ0v) is 16.2. The van der Waals surface area contributed by atoms with Gasteiger partial charge in [-0.05, 0) is 66.7 Å². The molecule has 0 fully saturated rings. The average molecular weight is 470 g/mol. The third-order valence-corrected chi connectivity index (χ3v) is 4.17. The first-order valence-corrected chi connectivity index (χ1v) is 8.96. The molecule has 0 spiro atoms. The summed E-state index contributed by atoms with van der Waals surface area (Å²) < 4.78 is 85.6. The Morgan fingerprint density at radius 2 is 0.939 bits per heavy atom. The van der Waals surface area contributed by atoms with Crippen molar-refractivity contribution in [3.05, 3.63) is 89.0 Å². The van der Waals surface area contributed by atoms with E-state index in [4.69, 9.17) is 9.47 Å². The van der Waals surface area contributed by atoms with Gasteiger partial charge in [0, 0.05) is 0 Å². The third kappa shape index (κ3) is 6.03. The number of hydrogen-bond donors (Lipinski definition) is 1. The van der Waals surface area contributed by atoms with Crippen molar-refractivity contribution in [3.8, 4) is 17.2 Å². The molecule has 0 radical (unpaired) electrons. The Bertz CT molecular complexity index is 1080. The lowest BCUT2D eigenvalue weighted by Gasteiger charge is -2.10. The second-order valence-electron chi connectivity index (χ2n) is 6.59. The number of alkyl halides is 6. The molecule has 0 aliphatic carbocycles. The Hall–Kier alpha value is -4.02. The Labute approximate surface area is 181 Å². The first-order chi connectivity index (χ1) is 15.3. The van der Waals surface area contributed by atoms with Crippen molar-refractivity contribution in [3.63, 3.8) is 0 Å². The summed E-state index contributed by atoms with van der Waals surface area (Å²) in [4.78, 5) is 24.6. The van der Waals surface area contributed by atoms with Crippen molar-refractivity contribution in [2.75, 3.05) is 0 Å². The molecule has 0 saturated heterocycles. The summed E-state index contributed by atoms with van der Waals surface area (Å²) in [6.45, 7) is 0. The highest BCUT2D eigenvalue weighted by atomic mass is 19.4. The summed E-state index contributed by atoms with van der Waals surface area (Å²) in [7, 11) is 0. The predicted octanol–water partition coefficient (Wildman–Crippen LogP) is 5.87. The van der Waals surface area contributed by atoms with E-state index >= 15 is 0 Å². The highest BCUT2D eigenvalue weighted by Gasteiger charge is 2.31. The summed E-state index contributed by atoms with van der Waals surface area (Å²) >= 11 is 0. The normalized spacial score (nSPS) is 11.7. The lowest BCUT2D eigenvalue weighted by atomic mass is 10.1. The van der Waals surface area contributed by atoms with E-state index < -0.39 is 41.2 Å². The molecule has 5 nitrogen and oxygen atoms in total. The average Bonchev–Trinajstić information content (AvgIpc) is 2.72. The maximum absolute atomic E-state index is 12.6. The Morgan fingerprint density at radius 3 is 1.24 bits per heavy atom. The van der Waals surface area contributed by atoms with Gasteiger partial charge < -0.3 is 14.6 Å². The number of esters is 2. The fourth-order valence-electron chi connectivity index (χ4n) is 2.60. The van der Waals surface area contributed by atoms with Crippen LogP contribution in [-0.2, 0) is 12.4 Å². The van der Waals surface area contributed by atoms with E-state index in [9.17, 15) is 41.0 Å². The number of halogens is 6. The molecular weight excluding hydrogens is 458 g/mol. The minimum atomic E-state index is -4.57. The standard InChI is InChI=1S/C22H12F6O5/c23-21(24,25)14-1-5-17(6-2-14)32-19(30)12-9-13(11-16(29)10-12)20(31)33-18-7-3-15(4-8-18)22(26,27)28/h1-11,29H. The van der Waals surface area contributed by atoms with Crippen molar-refractivity contribution in [2.24, 2.45) is 0 Å². The van der Waals surface area contributed by atoms with Gasteiger partial charge in [-0.2, -0.15) is 26.3 Å². The third-order valence-electron chi connectivity index (χ3n) is 4.17. The number of phenols is 1. The maximum Gasteiger partial charge on any atom is 0.416 e. The predicted molar refractivity (Wildman–Crippen MR) is 101 cm³/mol. The minimum absolute atomic E-state index is 0.217. The fraction of sp³-hybridized carbons (Fsp3) is 0.0909. The molecule has 0 aliphatic heterocycles. The molecule has 3 aromatic rings. The Kier molecular flexibility index (Phi) is 6.34. The smallest absolute Gasteiger partial charge is 0.416 e. The second-order valence-corrected chi connectivity index (χ2v) is 6.59. The number of ether oxygens (including phenoxy) is 2. The van der Waals surface area contributed by atoms with Gasteiger partial charge in [-0.1, -0.05) is 0 Å². The lowest BCUT2D eigenvalue weighted by Crippen LogP contribution is -2.13. The molecule has 3 aromatic carbocycles. The van der Waals surface area contributed by atoms with Crippen LogP contribution >= 0.6 is 0 Å². The molecule has 33 heavy (non-hydrogen) atoms. The van der Waals surface area contributed by atoms with Crippen LogP contribution in [0.5, 0.6) is 17.2 Å². The van der Waals surface area contributed by atoms with Gasteiger partial charge in [-0.3, -0.25) is 0 Å². The summed E-state index contributed by atoms with van der Waals surface area (Å²) in [6, 6.07) is 9.38. The Morgan fingerprint density at radius 1 is 0.606 bits per heavy atom. The van der Waals surface area contributed by atoms with Gasteiger partial charge in [-0.25, -0.2) is 9.59 Å². The van der Waals surface area contributed by atoms with E-state index in [0.29, 0.717) is 24.3 Å². The number of carbonyl (C=O) groups is 2. The van der Waals surface area contributed by atoms with Crippen molar-refractivity contribution in [1.29, 1.82) is 0 Å². The topological polar surface area (TPSA) is 72.8 Å². The first-order valence-electron chi connectivity index (χ1n) is 8.96. The fourth-order valence-corrected chi connectivity index (χ4v) is 2.60. The molecule has 3 rings (SSSR count). The van der Waals surface area contributed by atoms with E-state index in [0.717, 1.165) is 42.5 Å². The van der Waals surface area contributed by atoms with Gasteiger partial charge in [0.25, 0.3) is 0 Å². The molecule has 0 unspecified atom stereocenters. The summed E-state index contributed by atoms with van der Waals surface area (Å²) in [6.07, 6.45) is -9.15. The van der Waals surface area contributed by atoms with Gasteiger partial charge in [0.1, 0.15) is 17.2 Å². The number of hydrogen-bond acceptors (Lipinski definition) is 5. The molecule has 0 saturated carbocycles. The van der Waals surface area contributed by atoms with E-state index in [1.54, 1.807) is 0 Å². The van der Waals surface area contributed by atoms with Crippen LogP contribution in [0.1, 0.15) is 31.8 Å². The van der Waals surface area contributed by atoms with Crippen molar-refractivity contribution in [1.82, 2.24) is 0 Å². The number of rotatable bonds is 4. The Balaban J connectivity index is 1.74. The molecule has 172 valence electrons. The van der Waals surface area contributed by atoms with E-state index in [1.165, 1.54) is 0 Å². The van der Waals surface area contributed by atoms with Gasteiger partial charge in [0.2, 0.25) is 0 Å². The minimum Gasteiger partial charge on any atom is -0.508 e. The molecule has 1 N–H and O–H groups in total. The molecular formula is C22H12F6O5. The number of aromatic hydroxyl groups is 1. The zero-order valence-electron chi connectivity index (χ0n) is 16.2. The molecule has 0 heterocycles. The van der Waals surface area contributed by atoms with Crippen LogP contribution in [-0.4, -0.2) is 17.0 Å². The van der Waals surface area contributed by atoms with Crippen LogP contribution in [0.2, 0.25) is 0 Å². The zero-order chi connectivity index (χ0) is 24.4. The van der Waals surface area contributed by atoms with E-state index in [2.05, 4.69) is 0 Å². The summed E-state index contributed by atoms with van der Waals surface area (Å²) in [5, 5.41) is 9.81. The van der Waals surface area contributed by atoms with Crippen LogP contribution in [0.3, 0.4) is 0 Å². The van der Waals surface area contributed by atoms with E-state index in [1.807, 2.05) is 0 Å². The van der Waals surface area contributed by atoms with Crippen molar-refractivity contribution >= 4 is 11.9 Å². The number of benzene rings is 3. The van der Waals surface area contributed by atoms with Crippen LogP contribution in [0.25, 0.3) is 0 Å². The van der Waals surface area contributed by atoms with Gasteiger partial charge >= 0.3 is 24.3 Å². The van der Waals surface area contributed by atoms with Gasteiger partial charge in [0.15, 0.2) is 0 Å². The van der Waals surface area contributed by atoms with Crippen LogP contribution < -0.4 is 9.47 Å². The lowest BCUT2D eigenvalue weighted by molar-refractivity contribution is -0.138. The van der Waals surface area contributed by atoms with Crippen molar-refractivity contribution < 1.29 is 50.5 Å². The SMILES string of the molecule is O=C(Oc1ccc(C(F)(F)F)cc1)c1cc(O)cc(C(=O)Oc2ccc(C(F)(F)F)cc2)c1. The molecule has 11 heteroatoms. The van der Waals surface area contributed by atoms with Gasteiger partial charge in [0.05, 0.1) is 22.3 Å². The second kappa shape index (κ2) is 8.85. The maximum atomic E-state index is 12.6. The molecule has 0 amide bonds. The number of phenolic OH excluding ortho intramolecular Hbond substituents is 1. The summed E-state index contributed by atoms with van der Waals surface area (Å²) in [5.74, 6) is -3.14. The van der Waals surface area contributed by atoms with Crippen LogP contribution in [0.4, 0.5) is 26.3 Å². The van der Waals surface area contributed by atoms with E-state index in [-0.39, 0.29) is 22.6 Å². The number of carbonyl (C=O) groups excluding carboxylic acids is 2. The largest absolute Gasteiger partial charge is 0.508 e. The van der Waals surface area contributed by atoms with Crippen LogP contribution in [0, 0.1) is 0 Å².